The molecule has 0 aliphatic rings. The summed E-state index contributed by atoms with van der Waals surface area (Å²) in [6, 6.07) is 9.07. The van der Waals surface area contributed by atoms with Crippen LogP contribution in [0.4, 0.5) is 13.2 Å². The zero-order valence-electron chi connectivity index (χ0n) is 14.0. The number of pyridine rings is 1. The lowest BCUT2D eigenvalue weighted by molar-refractivity contribution is -0.139. The van der Waals surface area contributed by atoms with Crippen LogP contribution < -0.4 is 5.73 Å². The molecule has 0 saturated carbocycles. The second-order valence-electron chi connectivity index (χ2n) is 6.35. The van der Waals surface area contributed by atoms with Gasteiger partial charge < -0.3 is 5.73 Å². The van der Waals surface area contributed by atoms with Crippen molar-refractivity contribution in [2.75, 3.05) is 6.54 Å². The molecule has 2 aromatic heterocycles. The number of aromatic amines is 1. The Kier molecular flexibility index (Phi) is 4.28. The van der Waals surface area contributed by atoms with E-state index in [2.05, 4.69) is 15.2 Å². The third-order valence-electron chi connectivity index (χ3n) is 4.83. The molecule has 0 spiro atoms. The van der Waals surface area contributed by atoms with Gasteiger partial charge in [-0.3, -0.25) is 5.10 Å². The summed E-state index contributed by atoms with van der Waals surface area (Å²) in [5.74, 6) is 0. The van der Waals surface area contributed by atoms with Crippen LogP contribution in [0.5, 0.6) is 0 Å². The number of nitrogens with one attached hydrogen (secondary N) is 1. The normalized spacial score (nSPS) is 14.6. The fourth-order valence-electron chi connectivity index (χ4n) is 2.93. The van der Waals surface area contributed by atoms with E-state index in [1.54, 1.807) is 12.1 Å². The maximum atomic E-state index is 13.3. The van der Waals surface area contributed by atoms with E-state index >= 15 is 0 Å². The number of nitrogens with two attached hydrogens (primary N) is 1. The van der Waals surface area contributed by atoms with Crippen LogP contribution in [0, 0.1) is 0 Å². The van der Waals surface area contributed by atoms with E-state index < -0.39 is 11.9 Å². The molecule has 0 bridgehead atoms. The van der Waals surface area contributed by atoms with Gasteiger partial charge in [-0.1, -0.05) is 38.1 Å². The Morgan fingerprint density at radius 2 is 1.96 bits per heavy atom. The van der Waals surface area contributed by atoms with Crippen LogP contribution in [0.2, 0.25) is 0 Å². The Balaban J connectivity index is 2.23. The average Bonchev–Trinajstić information content (AvgIpc) is 3.05. The minimum absolute atomic E-state index is 0.0156. The molecule has 132 valence electrons. The average molecular weight is 348 g/mol. The molecule has 0 amide bonds. The number of fused-ring (bicyclic) bond motifs is 1. The van der Waals surface area contributed by atoms with Crippen LogP contribution in [0.15, 0.2) is 36.5 Å². The number of alkyl halides is 3. The Morgan fingerprint density at radius 1 is 1.20 bits per heavy atom. The fraction of sp³-hybridized carbons (Fsp3) is 0.333. The lowest BCUT2D eigenvalue weighted by Crippen LogP contribution is -2.30. The molecule has 3 aromatic rings. The number of H-pyrrole nitrogens is 1. The first kappa shape index (κ1) is 17.4. The van der Waals surface area contributed by atoms with Gasteiger partial charge in [-0.2, -0.15) is 18.3 Å². The Labute approximate surface area is 143 Å². The smallest absolute Gasteiger partial charge is 0.330 e. The minimum Gasteiger partial charge on any atom is -0.330 e. The number of hydrogen-bond donors (Lipinski definition) is 2. The van der Waals surface area contributed by atoms with Crippen LogP contribution in [0.25, 0.3) is 22.2 Å². The largest absolute Gasteiger partial charge is 0.435 e. The molecule has 3 rings (SSSR count). The topological polar surface area (TPSA) is 67.6 Å². The predicted molar refractivity (Wildman–Crippen MR) is 91.0 cm³/mol. The van der Waals surface area contributed by atoms with E-state index in [1.807, 2.05) is 32.0 Å². The molecular formula is C18H19F3N4. The molecule has 0 radical (unpaired) electrons. The third kappa shape index (κ3) is 3.00. The fourth-order valence-corrected chi connectivity index (χ4v) is 2.93. The summed E-state index contributed by atoms with van der Waals surface area (Å²) in [7, 11) is 0. The van der Waals surface area contributed by atoms with Crippen molar-refractivity contribution in [3.05, 3.63) is 47.8 Å². The summed E-state index contributed by atoms with van der Waals surface area (Å²) in [5.41, 5.74) is 6.99. The van der Waals surface area contributed by atoms with Crippen molar-refractivity contribution in [2.45, 2.75) is 31.9 Å². The number of nitrogens with zero attached hydrogens (tertiary/aromatic N) is 2. The van der Waals surface area contributed by atoms with E-state index in [-0.39, 0.29) is 16.4 Å². The molecule has 0 fully saturated rings. The summed E-state index contributed by atoms with van der Waals surface area (Å²) < 4.78 is 39.9. The van der Waals surface area contributed by atoms with Gasteiger partial charge in [0, 0.05) is 18.2 Å². The second kappa shape index (κ2) is 6.15. The number of rotatable bonds is 4. The lowest BCUT2D eigenvalue weighted by atomic mass is 9.79. The molecule has 4 nitrogen and oxygen atoms in total. The maximum Gasteiger partial charge on any atom is 0.435 e. The molecule has 1 atom stereocenters. The van der Waals surface area contributed by atoms with Gasteiger partial charge in [0.1, 0.15) is 0 Å². The Bertz CT molecular complexity index is 895. The van der Waals surface area contributed by atoms with E-state index in [4.69, 9.17) is 5.73 Å². The van der Waals surface area contributed by atoms with Crippen LogP contribution in [-0.4, -0.2) is 21.7 Å². The first-order valence-corrected chi connectivity index (χ1v) is 8.01. The monoisotopic (exact) mass is 348 g/mol. The molecular weight excluding hydrogens is 329 g/mol. The molecule has 0 saturated heterocycles. The van der Waals surface area contributed by atoms with Crippen LogP contribution in [-0.2, 0) is 11.6 Å². The standard InChI is InChI=1S/C18H19F3N4/c1-3-17(2,10-22)12-6-4-5-11(9-12)13-7-8-23-16-14(13)15(24-25-16)18(19,20)21/h4-9H,3,10,22H2,1-2H3,(H,23,24,25). The van der Waals surface area contributed by atoms with Crippen molar-refractivity contribution in [2.24, 2.45) is 5.73 Å². The predicted octanol–water partition coefficient (Wildman–Crippen LogP) is 4.27. The van der Waals surface area contributed by atoms with Crippen LogP contribution >= 0.6 is 0 Å². The summed E-state index contributed by atoms with van der Waals surface area (Å²) in [6.45, 7) is 4.55. The molecule has 7 heteroatoms. The minimum atomic E-state index is -4.55. The van der Waals surface area contributed by atoms with Gasteiger partial charge in [-0.15, -0.1) is 0 Å². The van der Waals surface area contributed by atoms with Crippen molar-refractivity contribution in [3.63, 3.8) is 0 Å². The summed E-state index contributed by atoms with van der Waals surface area (Å²) in [6.07, 6.45) is -2.24. The van der Waals surface area contributed by atoms with Crippen molar-refractivity contribution >= 4 is 11.0 Å². The Morgan fingerprint density at radius 3 is 2.60 bits per heavy atom. The third-order valence-corrected chi connectivity index (χ3v) is 4.83. The van der Waals surface area contributed by atoms with Gasteiger partial charge in [0.25, 0.3) is 0 Å². The highest BCUT2D eigenvalue weighted by Crippen LogP contribution is 2.38. The lowest BCUT2D eigenvalue weighted by Gasteiger charge is -2.27. The van der Waals surface area contributed by atoms with Gasteiger partial charge in [0.15, 0.2) is 11.3 Å². The molecule has 2 heterocycles. The molecule has 1 aromatic carbocycles. The van der Waals surface area contributed by atoms with Crippen molar-refractivity contribution in [3.8, 4) is 11.1 Å². The van der Waals surface area contributed by atoms with Crippen LogP contribution in [0.1, 0.15) is 31.5 Å². The Hall–Kier alpha value is -2.41. The zero-order chi connectivity index (χ0) is 18.2. The molecule has 3 N–H and O–H groups in total. The van der Waals surface area contributed by atoms with Gasteiger partial charge in [0.2, 0.25) is 0 Å². The van der Waals surface area contributed by atoms with E-state index in [1.165, 1.54) is 6.20 Å². The molecule has 1 unspecified atom stereocenters. The quantitative estimate of drug-likeness (QED) is 0.740. The first-order valence-electron chi connectivity index (χ1n) is 8.01. The van der Waals surface area contributed by atoms with Gasteiger partial charge in [-0.25, -0.2) is 4.98 Å². The summed E-state index contributed by atoms with van der Waals surface area (Å²) >= 11 is 0. The number of hydrogen-bond acceptors (Lipinski definition) is 3. The highest BCUT2D eigenvalue weighted by molar-refractivity contribution is 5.94. The molecule has 0 aliphatic carbocycles. The highest BCUT2D eigenvalue weighted by atomic mass is 19.4. The van der Waals surface area contributed by atoms with E-state index in [9.17, 15) is 13.2 Å². The second-order valence-corrected chi connectivity index (χ2v) is 6.35. The van der Waals surface area contributed by atoms with Crippen molar-refractivity contribution in [1.29, 1.82) is 0 Å². The molecule has 0 aliphatic heterocycles. The highest BCUT2D eigenvalue weighted by Gasteiger charge is 2.37. The first-order chi connectivity index (χ1) is 11.8. The van der Waals surface area contributed by atoms with E-state index in [0.29, 0.717) is 17.7 Å². The number of benzene rings is 1. The van der Waals surface area contributed by atoms with Gasteiger partial charge in [-0.05, 0) is 29.2 Å². The number of aromatic nitrogens is 3. The zero-order valence-corrected chi connectivity index (χ0v) is 14.0. The maximum absolute atomic E-state index is 13.3. The van der Waals surface area contributed by atoms with Crippen molar-refractivity contribution < 1.29 is 13.2 Å². The SMILES string of the molecule is CCC(C)(CN)c1cccc(-c2ccnc3[nH]nc(C(F)(F)F)c23)c1. The summed E-state index contributed by atoms with van der Waals surface area (Å²) in [4.78, 5) is 3.97. The van der Waals surface area contributed by atoms with E-state index in [0.717, 1.165) is 12.0 Å². The number of halogens is 3. The van der Waals surface area contributed by atoms with Gasteiger partial charge >= 0.3 is 6.18 Å². The molecule has 25 heavy (non-hydrogen) atoms. The summed E-state index contributed by atoms with van der Waals surface area (Å²) in [5, 5.41) is 5.78. The van der Waals surface area contributed by atoms with Crippen LogP contribution in [0.3, 0.4) is 0 Å². The van der Waals surface area contributed by atoms with Gasteiger partial charge in [0.05, 0.1) is 5.39 Å². The van der Waals surface area contributed by atoms with Crippen molar-refractivity contribution in [1.82, 2.24) is 15.2 Å².